The summed E-state index contributed by atoms with van der Waals surface area (Å²) in [6, 6.07) is 6.00. The average Bonchev–Trinajstić information content (AvgIpc) is 2.76. The number of ether oxygens (including phenoxy) is 1. The van der Waals surface area contributed by atoms with Crippen molar-refractivity contribution < 1.29 is 4.74 Å². The molecule has 90 valence electrons. The maximum atomic E-state index is 5.01. The monoisotopic (exact) mass is 231 g/mol. The molecule has 0 unspecified atom stereocenters. The minimum Gasteiger partial charge on any atom is -0.481 e. The van der Waals surface area contributed by atoms with E-state index in [-0.39, 0.29) is 0 Å². The minimum absolute atomic E-state index is 0.650. The molecule has 2 rings (SSSR count). The Kier molecular flexibility index (Phi) is 3.77. The van der Waals surface area contributed by atoms with Crippen molar-refractivity contribution in [2.24, 2.45) is 7.05 Å². The van der Waals surface area contributed by atoms with E-state index in [2.05, 4.69) is 22.6 Å². The van der Waals surface area contributed by atoms with Gasteiger partial charge in [0.15, 0.2) is 0 Å². The minimum atomic E-state index is 0.650. The van der Waals surface area contributed by atoms with Gasteiger partial charge >= 0.3 is 0 Å². The normalized spacial score (nSPS) is 10.5. The molecule has 2 aromatic heterocycles. The highest BCUT2D eigenvalue weighted by atomic mass is 16.5. The summed E-state index contributed by atoms with van der Waals surface area (Å²) in [7, 11) is 3.65. The molecule has 0 aliphatic carbocycles. The molecule has 0 atom stereocenters. The third-order valence-electron chi connectivity index (χ3n) is 2.56. The molecule has 0 amide bonds. The molecule has 0 bridgehead atoms. The average molecular weight is 231 g/mol. The van der Waals surface area contributed by atoms with Crippen molar-refractivity contribution in [3.05, 3.63) is 47.9 Å². The largest absolute Gasteiger partial charge is 0.481 e. The molecule has 0 saturated carbocycles. The van der Waals surface area contributed by atoms with Gasteiger partial charge in [0, 0.05) is 44.8 Å². The number of hydrogen-bond acceptors (Lipinski definition) is 3. The van der Waals surface area contributed by atoms with Crippen LogP contribution in [0.3, 0.4) is 0 Å². The van der Waals surface area contributed by atoms with E-state index in [1.54, 1.807) is 7.11 Å². The topological polar surface area (TPSA) is 39.1 Å². The maximum Gasteiger partial charge on any atom is 0.212 e. The van der Waals surface area contributed by atoms with Gasteiger partial charge < -0.3 is 14.6 Å². The lowest BCUT2D eigenvalue weighted by Gasteiger charge is -2.04. The molecular weight excluding hydrogens is 214 g/mol. The van der Waals surface area contributed by atoms with Crippen molar-refractivity contribution >= 4 is 0 Å². The van der Waals surface area contributed by atoms with E-state index in [1.165, 1.54) is 5.56 Å². The Labute approximate surface area is 101 Å². The second kappa shape index (κ2) is 5.50. The molecule has 0 saturated heterocycles. The molecule has 0 radical (unpaired) electrons. The first-order valence-electron chi connectivity index (χ1n) is 5.58. The van der Waals surface area contributed by atoms with Crippen molar-refractivity contribution in [2.75, 3.05) is 7.11 Å². The molecule has 2 heterocycles. The number of rotatable bonds is 5. The lowest BCUT2D eigenvalue weighted by atomic mass is 10.2. The highest BCUT2D eigenvalue weighted by molar-refractivity contribution is 5.17. The zero-order valence-electron chi connectivity index (χ0n) is 10.2. The van der Waals surface area contributed by atoms with Crippen LogP contribution in [-0.4, -0.2) is 16.7 Å². The van der Waals surface area contributed by atoms with Crippen LogP contribution in [0.25, 0.3) is 0 Å². The first-order chi connectivity index (χ1) is 8.28. The number of aromatic nitrogens is 2. The van der Waals surface area contributed by atoms with E-state index in [4.69, 9.17) is 4.74 Å². The van der Waals surface area contributed by atoms with Crippen LogP contribution in [0.2, 0.25) is 0 Å². The molecule has 0 aliphatic heterocycles. The third-order valence-corrected chi connectivity index (χ3v) is 2.56. The van der Waals surface area contributed by atoms with E-state index in [0.717, 1.165) is 18.7 Å². The molecule has 17 heavy (non-hydrogen) atoms. The fraction of sp³-hybridized carbons (Fsp3) is 0.308. The summed E-state index contributed by atoms with van der Waals surface area (Å²) >= 11 is 0. The molecule has 0 aromatic carbocycles. The zero-order valence-corrected chi connectivity index (χ0v) is 10.2. The summed E-state index contributed by atoms with van der Waals surface area (Å²) in [5, 5.41) is 3.37. The maximum absolute atomic E-state index is 5.01. The van der Waals surface area contributed by atoms with Crippen LogP contribution in [-0.2, 0) is 20.1 Å². The van der Waals surface area contributed by atoms with Crippen LogP contribution < -0.4 is 10.1 Å². The van der Waals surface area contributed by atoms with Crippen LogP contribution in [0, 0.1) is 0 Å². The van der Waals surface area contributed by atoms with Gasteiger partial charge in [0.25, 0.3) is 0 Å². The van der Waals surface area contributed by atoms with Crippen molar-refractivity contribution in [2.45, 2.75) is 13.1 Å². The Morgan fingerprint density at radius 2 is 2.06 bits per heavy atom. The molecular formula is C13H17N3O. The standard InChI is InChI=1S/C13H17N3O/c1-16-6-5-12(10-16)8-14-7-11-3-4-13(17-2)15-9-11/h3-6,9-10,14H,7-8H2,1-2H3. The SMILES string of the molecule is COc1ccc(CNCc2ccn(C)c2)cn1. The van der Waals surface area contributed by atoms with E-state index < -0.39 is 0 Å². The molecule has 0 spiro atoms. The lowest BCUT2D eigenvalue weighted by Crippen LogP contribution is -2.12. The predicted molar refractivity (Wildman–Crippen MR) is 66.7 cm³/mol. The molecule has 4 nitrogen and oxygen atoms in total. The first-order valence-corrected chi connectivity index (χ1v) is 5.58. The van der Waals surface area contributed by atoms with Gasteiger partial charge in [0.2, 0.25) is 5.88 Å². The van der Waals surface area contributed by atoms with E-state index in [1.807, 2.05) is 36.1 Å². The second-order valence-corrected chi connectivity index (χ2v) is 4.00. The van der Waals surface area contributed by atoms with Crippen molar-refractivity contribution in [3.63, 3.8) is 0 Å². The van der Waals surface area contributed by atoms with Gasteiger partial charge in [-0.25, -0.2) is 4.98 Å². The Balaban J connectivity index is 1.81. The van der Waals surface area contributed by atoms with Gasteiger partial charge in [-0.05, 0) is 17.2 Å². The number of hydrogen-bond donors (Lipinski definition) is 1. The quantitative estimate of drug-likeness (QED) is 0.851. The number of nitrogens with one attached hydrogen (secondary N) is 1. The van der Waals surface area contributed by atoms with Crippen LogP contribution in [0.5, 0.6) is 5.88 Å². The number of aryl methyl sites for hydroxylation is 1. The fourth-order valence-corrected chi connectivity index (χ4v) is 1.65. The van der Waals surface area contributed by atoms with Crippen LogP contribution in [0.1, 0.15) is 11.1 Å². The van der Waals surface area contributed by atoms with Crippen molar-refractivity contribution in [1.29, 1.82) is 0 Å². The van der Waals surface area contributed by atoms with Gasteiger partial charge in [-0.1, -0.05) is 6.07 Å². The summed E-state index contributed by atoms with van der Waals surface area (Å²) in [4.78, 5) is 4.16. The second-order valence-electron chi connectivity index (χ2n) is 4.00. The molecule has 2 aromatic rings. The Morgan fingerprint density at radius 1 is 1.24 bits per heavy atom. The summed E-state index contributed by atoms with van der Waals surface area (Å²) in [6.07, 6.45) is 5.99. The summed E-state index contributed by atoms with van der Waals surface area (Å²) in [5.74, 6) is 0.650. The van der Waals surface area contributed by atoms with Gasteiger partial charge in [-0.2, -0.15) is 0 Å². The summed E-state index contributed by atoms with van der Waals surface area (Å²) < 4.78 is 7.06. The molecule has 4 heteroatoms. The van der Waals surface area contributed by atoms with E-state index >= 15 is 0 Å². The lowest BCUT2D eigenvalue weighted by molar-refractivity contribution is 0.397. The molecule has 0 fully saturated rings. The Bertz CT molecular complexity index is 462. The van der Waals surface area contributed by atoms with Crippen molar-refractivity contribution in [1.82, 2.24) is 14.9 Å². The number of methoxy groups -OCH3 is 1. The first kappa shape index (κ1) is 11.7. The van der Waals surface area contributed by atoms with Crippen LogP contribution in [0.4, 0.5) is 0 Å². The highest BCUT2D eigenvalue weighted by Crippen LogP contribution is 2.06. The predicted octanol–water partition coefficient (Wildman–Crippen LogP) is 1.72. The van der Waals surface area contributed by atoms with Crippen LogP contribution in [0.15, 0.2) is 36.8 Å². The molecule has 0 aliphatic rings. The summed E-state index contributed by atoms with van der Waals surface area (Å²) in [5.41, 5.74) is 2.44. The van der Waals surface area contributed by atoms with Crippen LogP contribution >= 0.6 is 0 Å². The van der Waals surface area contributed by atoms with Gasteiger partial charge in [0.1, 0.15) is 0 Å². The highest BCUT2D eigenvalue weighted by Gasteiger charge is 1.97. The van der Waals surface area contributed by atoms with Gasteiger partial charge in [0.05, 0.1) is 7.11 Å². The van der Waals surface area contributed by atoms with Gasteiger partial charge in [-0.3, -0.25) is 0 Å². The van der Waals surface area contributed by atoms with Crippen molar-refractivity contribution in [3.8, 4) is 5.88 Å². The van der Waals surface area contributed by atoms with E-state index in [9.17, 15) is 0 Å². The van der Waals surface area contributed by atoms with E-state index in [0.29, 0.717) is 5.88 Å². The van der Waals surface area contributed by atoms with Gasteiger partial charge in [-0.15, -0.1) is 0 Å². The number of pyridine rings is 1. The Morgan fingerprint density at radius 3 is 2.65 bits per heavy atom. The molecule has 1 N–H and O–H groups in total. The Hall–Kier alpha value is -1.81. The smallest absolute Gasteiger partial charge is 0.212 e. The number of nitrogens with zero attached hydrogens (tertiary/aromatic N) is 2. The third kappa shape index (κ3) is 3.32. The summed E-state index contributed by atoms with van der Waals surface area (Å²) in [6.45, 7) is 1.68. The fourth-order valence-electron chi connectivity index (χ4n) is 1.65. The zero-order chi connectivity index (χ0) is 12.1.